The predicted octanol–water partition coefficient (Wildman–Crippen LogP) is 4.40. The highest BCUT2D eigenvalue weighted by Crippen LogP contribution is 2.51. The number of carboxylic acids is 1. The molecule has 2 N–H and O–H groups in total. The van der Waals surface area contributed by atoms with Crippen molar-refractivity contribution in [2.24, 2.45) is 16.3 Å². The van der Waals surface area contributed by atoms with Crippen LogP contribution in [-0.2, 0) is 19.1 Å². The van der Waals surface area contributed by atoms with Crippen molar-refractivity contribution in [3.63, 3.8) is 0 Å². The van der Waals surface area contributed by atoms with E-state index in [-0.39, 0.29) is 55.3 Å². The van der Waals surface area contributed by atoms with Crippen molar-refractivity contribution < 1.29 is 46.2 Å². The van der Waals surface area contributed by atoms with E-state index in [1.165, 1.54) is 55.3 Å². The molecule has 50 heavy (non-hydrogen) atoms. The van der Waals surface area contributed by atoms with Gasteiger partial charge in [0.05, 0.1) is 36.7 Å². The van der Waals surface area contributed by atoms with Gasteiger partial charge in [0, 0.05) is 36.8 Å². The van der Waals surface area contributed by atoms with Crippen LogP contribution in [0.5, 0.6) is 0 Å². The summed E-state index contributed by atoms with van der Waals surface area (Å²) in [7, 11) is 0. The Labute approximate surface area is 288 Å². The number of alkyl halides is 4. The zero-order valence-electron chi connectivity index (χ0n) is 27.8. The molecule has 270 valence electrons. The molecule has 6 rings (SSSR count). The number of nitrogens with zero attached hydrogens (tertiary/aromatic N) is 5. The average Bonchev–Trinajstić information content (AvgIpc) is 3.44. The van der Waals surface area contributed by atoms with Gasteiger partial charge in [-0.25, -0.2) is 36.7 Å². The summed E-state index contributed by atoms with van der Waals surface area (Å²) < 4.78 is 80.8. The molecule has 2 aromatic rings. The molecule has 1 amide bonds. The number of carbonyl (C=O) groups excluding carboxylic acids is 2. The number of thiazole rings is 1. The second-order valence-electron chi connectivity index (χ2n) is 13.6. The number of ether oxygens (including phenoxy) is 1. The number of halogens is 5. The molecule has 4 atom stereocenters. The molecule has 17 heteroatoms. The average molecular weight is 725 g/mol. The standard InChI is InChI=1S/C33H37F5N6O5S/c1-5-49-29(46)23-21(40-26(27-39-10-12-50-27)41-24(23)18-7-6-8-20(34)17(18)2)14-42-16-33(37,38)25-22(42)15-44(28(45)19-13-32(19,35)36)43(25)11-9-31(3,4)30(47)48/h6-8,10,12,19,22,24-25H,5,9,11,13-16H2,1-4H3,(H,40,41)(H,47,48)/t19-,22?,24+,25?/m1/s1. The van der Waals surface area contributed by atoms with Crippen molar-refractivity contribution in [3.8, 4) is 0 Å². The summed E-state index contributed by atoms with van der Waals surface area (Å²) in [5.74, 6) is -11.7. The first-order chi connectivity index (χ1) is 23.5. The van der Waals surface area contributed by atoms with E-state index in [1.54, 1.807) is 18.4 Å². The number of carboxylic acid groups (broad SMARTS) is 1. The molecular weight excluding hydrogens is 687 g/mol. The highest BCUT2D eigenvalue weighted by atomic mass is 32.1. The van der Waals surface area contributed by atoms with Crippen LogP contribution in [0.3, 0.4) is 0 Å². The number of benzene rings is 1. The second-order valence-corrected chi connectivity index (χ2v) is 14.5. The number of carbonyl (C=O) groups is 3. The van der Waals surface area contributed by atoms with E-state index in [0.29, 0.717) is 10.6 Å². The van der Waals surface area contributed by atoms with Crippen LogP contribution < -0.4 is 5.32 Å². The smallest absolute Gasteiger partial charge is 0.338 e. The maximum atomic E-state index is 16.2. The monoisotopic (exact) mass is 724 g/mol. The van der Waals surface area contributed by atoms with Crippen molar-refractivity contribution >= 4 is 35.0 Å². The van der Waals surface area contributed by atoms with Crippen molar-refractivity contribution in [3.05, 3.63) is 63.0 Å². The molecule has 2 saturated heterocycles. The van der Waals surface area contributed by atoms with Crippen molar-refractivity contribution in [1.29, 1.82) is 0 Å². The summed E-state index contributed by atoms with van der Waals surface area (Å²) in [5.41, 5.74) is -0.675. The number of hydrazine groups is 1. The van der Waals surface area contributed by atoms with E-state index in [9.17, 15) is 32.7 Å². The van der Waals surface area contributed by atoms with E-state index in [0.717, 1.165) is 10.0 Å². The fraction of sp³-hybridized carbons (Fsp3) is 0.545. The zero-order chi connectivity index (χ0) is 36.3. The number of aliphatic carboxylic acids is 1. The lowest BCUT2D eigenvalue weighted by Crippen LogP contribution is -2.53. The van der Waals surface area contributed by atoms with E-state index >= 15 is 8.78 Å². The Kier molecular flexibility index (Phi) is 9.31. The van der Waals surface area contributed by atoms with Crippen molar-refractivity contribution in [2.45, 2.75) is 70.5 Å². The summed E-state index contributed by atoms with van der Waals surface area (Å²) in [4.78, 5) is 49.3. The third kappa shape index (κ3) is 6.50. The number of amidine groups is 1. The summed E-state index contributed by atoms with van der Waals surface area (Å²) >= 11 is 1.23. The minimum atomic E-state index is -3.48. The maximum Gasteiger partial charge on any atom is 0.338 e. The molecule has 11 nitrogen and oxygen atoms in total. The first-order valence-electron chi connectivity index (χ1n) is 16.2. The number of nitrogens with one attached hydrogen (secondary N) is 1. The molecule has 1 saturated carbocycles. The zero-order valence-corrected chi connectivity index (χ0v) is 28.6. The molecule has 3 aliphatic heterocycles. The minimum absolute atomic E-state index is 0.0233. The Morgan fingerprint density at radius 1 is 1.18 bits per heavy atom. The lowest BCUT2D eigenvalue weighted by atomic mass is 9.89. The topological polar surface area (TPSA) is 128 Å². The third-order valence-electron chi connectivity index (χ3n) is 9.82. The first kappa shape index (κ1) is 35.9. The van der Waals surface area contributed by atoms with Crippen LogP contribution in [0.15, 0.2) is 46.0 Å². The summed E-state index contributed by atoms with van der Waals surface area (Å²) in [5, 5.41) is 16.9. The van der Waals surface area contributed by atoms with Gasteiger partial charge in [0.15, 0.2) is 10.8 Å². The normalized spacial score (nSPS) is 26.0. The molecular formula is C33H37F5N6O5S. The van der Waals surface area contributed by atoms with Crippen LogP contribution in [0.1, 0.15) is 55.8 Å². The van der Waals surface area contributed by atoms with Gasteiger partial charge in [0.25, 0.3) is 11.8 Å². The number of likely N-dealkylation sites (tertiary alicyclic amines) is 1. The van der Waals surface area contributed by atoms with Gasteiger partial charge in [0.1, 0.15) is 23.8 Å². The summed E-state index contributed by atoms with van der Waals surface area (Å²) in [6.07, 6.45) is 0.691. The quantitative estimate of drug-likeness (QED) is 0.256. The van der Waals surface area contributed by atoms with Crippen LogP contribution in [0, 0.1) is 24.1 Å². The van der Waals surface area contributed by atoms with Gasteiger partial charge in [-0.15, -0.1) is 11.3 Å². The molecule has 1 aliphatic carbocycles. The molecule has 2 unspecified atom stereocenters. The van der Waals surface area contributed by atoms with Crippen LogP contribution in [0.4, 0.5) is 22.0 Å². The van der Waals surface area contributed by atoms with E-state index in [4.69, 9.17) is 9.73 Å². The Morgan fingerprint density at radius 2 is 1.90 bits per heavy atom. The van der Waals surface area contributed by atoms with Crippen molar-refractivity contribution in [1.82, 2.24) is 25.2 Å². The van der Waals surface area contributed by atoms with Crippen LogP contribution >= 0.6 is 11.3 Å². The lowest BCUT2D eigenvalue weighted by molar-refractivity contribution is -0.161. The third-order valence-corrected chi connectivity index (χ3v) is 10.6. The maximum absolute atomic E-state index is 16.2. The Bertz CT molecular complexity index is 1750. The minimum Gasteiger partial charge on any atom is -0.481 e. The summed E-state index contributed by atoms with van der Waals surface area (Å²) in [6.45, 7) is 4.15. The van der Waals surface area contributed by atoms with Gasteiger partial charge >= 0.3 is 11.9 Å². The number of hydrogen-bond donors (Lipinski definition) is 2. The Morgan fingerprint density at radius 3 is 2.52 bits per heavy atom. The van der Waals surface area contributed by atoms with Crippen LogP contribution in [0.25, 0.3) is 0 Å². The number of amides is 1. The van der Waals surface area contributed by atoms with E-state index in [2.05, 4.69) is 10.3 Å². The molecule has 4 aliphatic rings. The fourth-order valence-corrected chi connectivity index (χ4v) is 7.39. The number of aliphatic imine (C=N–C) groups is 1. The number of aromatic nitrogens is 1. The van der Waals surface area contributed by atoms with Gasteiger partial charge < -0.3 is 15.2 Å². The first-order valence-corrected chi connectivity index (χ1v) is 17.1. The molecule has 0 radical (unpaired) electrons. The highest BCUT2D eigenvalue weighted by Gasteiger charge is 2.67. The van der Waals surface area contributed by atoms with Gasteiger partial charge in [0.2, 0.25) is 5.91 Å². The molecule has 0 bridgehead atoms. The number of esters is 1. The van der Waals surface area contributed by atoms with Gasteiger partial charge in [-0.05, 0) is 51.3 Å². The molecule has 1 aromatic carbocycles. The summed E-state index contributed by atoms with van der Waals surface area (Å²) in [6, 6.07) is 0.488. The lowest BCUT2D eigenvalue weighted by Gasteiger charge is -2.35. The number of rotatable bonds is 11. The van der Waals surface area contributed by atoms with Gasteiger partial charge in [-0.1, -0.05) is 12.1 Å². The molecule has 3 fully saturated rings. The number of fused-ring (bicyclic) bond motifs is 1. The van der Waals surface area contributed by atoms with Crippen molar-refractivity contribution in [2.75, 3.05) is 32.8 Å². The second kappa shape index (κ2) is 13.0. The SMILES string of the molecule is CCOC(=O)C1=C(CN2CC(F)(F)C3C2CN(C(=O)[C@H]2CC2(F)F)N3CCC(C)(C)C(=O)O)NC(c2nccs2)=N[C@H]1c1cccc(F)c1C. The van der Waals surface area contributed by atoms with Crippen LogP contribution in [0.2, 0.25) is 0 Å². The van der Waals surface area contributed by atoms with Gasteiger partial charge in [-0.3, -0.25) is 24.5 Å². The Hall–Kier alpha value is -3.96. The Balaban J connectivity index is 1.40. The van der Waals surface area contributed by atoms with Gasteiger partial charge in [-0.2, -0.15) is 0 Å². The molecule has 4 heterocycles. The van der Waals surface area contributed by atoms with E-state index in [1.807, 2.05) is 0 Å². The fourth-order valence-electron chi connectivity index (χ4n) is 6.81. The largest absolute Gasteiger partial charge is 0.481 e. The predicted molar refractivity (Wildman–Crippen MR) is 171 cm³/mol. The van der Waals surface area contributed by atoms with E-state index < -0.39 is 77.9 Å². The molecule has 1 aromatic heterocycles. The van der Waals surface area contributed by atoms with Crippen LogP contribution in [-0.4, -0.2) is 105 Å². The number of hydrogen-bond acceptors (Lipinski definition) is 10. The molecule has 0 spiro atoms. The highest BCUT2D eigenvalue weighted by molar-refractivity contribution is 7.11.